The molecule has 4 atom stereocenters. The van der Waals surface area contributed by atoms with Gasteiger partial charge >= 0.3 is 0 Å². The monoisotopic (exact) mass is 612 g/mol. The van der Waals surface area contributed by atoms with E-state index in [1.807, 2.05) is 0 Å². The number of carbonyl (C=O) groups is 4. The number of hydrogen-bond acceptors (Lipinski definition) is 8. The summed E-state index contributed by atoms with van der Waals surface area (Å²) < 4.78 is 0. The molecule has 0 amide bonds. The van der Waals surface area contributed by atoms with Gasteiger partial charge in [0.05, 0.1) is 24.4 Å². The van der Waals surface area contributed by atoms with Gasteiger partial charge in [0, 0.05) is 51.4 Å². The summed E-state index contributed by atoms with van der Waals surface area (Å²) in [6.45, 7) is 4.19. The van der Waals surface area contributed by atoms with Gasteiger partial charge in [0.2, 0.25) is 0 Å². The number of rotatable bonds is 32. The number of aliphatic hydroxyl groups excluding tert-OH is 4. The molecule has 252 valence electrons. The summed E-state index contributed by atoms with van der Waals surface area (Å²) in [5.41, 5.74) is 0. The van der Waals surface area contributed by atoms with Crippen molar-refractivity contribution in [2.24, 2.45) is 0 Å². The Morgan fingerprint density at radius 3 is 0.860 bits per heavy atom. The summed E-state index contributed by atoms with van der Waals surface area (Å²) in [4.78, 5) is 48.2. The summed E-state index contributed by atoms with van der Waals surface area (Å²) >= 11 is 0. The van der Waals surface area contributed by atoms with Gasteiger partial charge in [0.25, 0.3) is 0 Å². The number of hydrogen-bond donors (Lipinski definition) is 4. The largest absolute Gasteiger partial charge is 0.393 e. The van der Waals surface area contributed by atoms with Gasteiger partial charge in [-0.1, -0.05) is 84.5 Å². The molecule has 0 radical (unpaired) electrons. The first-order valence-corrected chi connectivity index (χ1v) is 17.4. The molecule has 8 nitrogen and oxygen atoms in total. The molecule has 0 aliphatic heterocycles. The number of carbonyl (C=O) groups excluding carboxylic acids is 4. The first kappa shape index (κ1) is 41.5. The van der Waals surface area contributed by atoms with Gasteiger partial charge in [-0.25, -0.2) is 0 Å². The Morgan fingerprint density at radius 1 is 0.372 bits per heavy atom. The number of Topliss-reactive ketones (excluding diaryl/α,β-unsaturated/α-hetero) is 4. The van der Waals surface area contributed by atoms with Crippen molar-refractivity contribution < 1.29 is 39.6 Å². The zero-order valence-electron chi connectivity index (χ0n) is 27.4. The van der Waals surface area contributed by atoms with Crippen molar-refractivity contribution in [2.45, 2.75) is 199 Å². The molecule has 0 aliphatic rings. The molecule has 43 heavy (non-hydrogen) atoms. The summed E-state index contributed by atoms with van der Waals surface area (Å²) in [5, 5.41) is 40.1. The van der Waals surface area contributed by atoms with Crippen molar-refractivity contribution in [3.05, 3.63) is 0 Å². The van der Waals surface area contributed by atoms with Crippen LogP contribution in [0, 0.1) is 0 Å². The van der Waals surface area contributed by atoms with E-state index < -0.39 is 24.4 Å². The van der Waals surface area contributed by atoms with Crippen LogP contribution in [0.5, 0.6) is 0 Å². The molecule has 0 saturated carbocycles. The fraction of sp³-hybridized carbons (Fsp3) is 0.886. The van der Waals surface area contributed by atoms with Crippen LogP contribution in [0.25, 0.3) is 0 Å². The van der Waals surface area contributed by atoms with E-state index in [0.717, 1.165) is 70.6 Å². The highest BCUT2D eigenvalue weighted by molar-refractivity contribution is 5.82. The van der Waals surface area contributed by atoms with Crippen LogP contribution in [0.2, 0.25) is 0 Å². The van der Waals surface area contributed by atoms with Crippen molar-refractivity contribution in [3.8, 4) is 0 Å². The highest BCUT2D eigenvalue weighted by Gasteiger charge is 2.15. The van der Waals surface area contributed by atoms with Gasteiger partial charge in [0.1, 0.15) is 23.1 Å². The number of aliphatic hydroxyl groups is 4. The van der Waals surface area contributed by atoms with Gasteiger partial charge in [-0.3, -0.25) is 19.2 Å². The zero-order chi connectivity index (χ0) is 32.3. The lowest BCUT2D eigenvalue weighted by molar-refractivity contribution is -0.124. The second-order valence-electron chi connectivity index (χ2n) is 12.6. The quantitative estimate of drug-likeness (QED) is 0.0629. The molecule has 0 fully saturated rings. The van der Waals surface area contributed by atoms with E-state index in [1.54, 1.807) is 0 Å². The van der Waals surface area contributed by atoms with Gasteiger partial charge in [-0.05, 0) is 38.5 Å². The SMILES string of the molecule is CCCCCC(O)CC(=O)CCCC(=O)CC(O)CCCCCCCC(O)CC(=O)CCCC(=O)CC(O)CCCCC. The number of ketones is 4. The maximum absolute atomic E-state index is 12.1. The smallest absolute Gasteiger partial charge is 0.135 e. The van der Waals surface area contributed by atoms with Crippen LogP contribution >= 0.6 is 0 Å². The van der Waals surface area contributed by atoms with Crippen LogP contribution in [0.4, 0.5) is 0 Å². The highest BCUT2D eigenvalue weighted by atomic mass is 16.3. The summed E-state index contributed by atoms with van der Waals surface area (Å²) in [6.07, 6.45) is 13.1. The van der Waals surface area contributed by atoms with Crippen molar-refractivity contribution >= 4 is 23.1 Å². The Bertz CT molecular complexity index is 677. The van der Waals surface area contributed by atoms with Crippen LogP contribution in [0.1, 0.15) is 174 Å². The average molecular weight is 613 g/mol. The van der Waals surface area contributed by atoms with E-state index >= 15 is 0 Å². The standard InChI is InChI=1S/C35H64O8/c1-3-5-10-16-28(36)24-32(40)20-14-22-34(42)26-30(38)18-12-8-7-9-13-19-31(39)27-35(43)23-15-21-33(41)25-29(37)17-11-6-4-2/h28-31,36-39H,3-27H2,1-2H3. The molecule has 0 aromatic heterocycles. The molecule has 0 rings (SSSR count). The van der Waals surface area contributed by atoms with E-state index in [9.17, 15) is 39.6 Å². The normalized spacial score (nSPS) is 14.3. The van der Waals surface area contributed by atoms with E-state index in [1.165, 1.54) is 0 Å². The predicted octanol–water partition coefficient (Wildman–Crippen LogP) is 6.50. The van der Waals surface area contributed by atoms with Crippen molar-refractivity contribution in [1.82, 2.24) is 0 Å². The van der Waals surface area contributed by atoms with Gasteiger partial charge in [0.15, 0.2) is 0 Å². The lowest BCUT2D eigenvalue weighted by Gasteiger charge is -2.11. The lowest BCUT2D eigenvalue weighted by atomic mass is 9.98. The van der Waals surface area contributed by atoms with Crippen LogP contribution in [0.15, 0.2) is 0 Å². The van der Waals surface area contributed by atoms with Crippen LogP contribution in [-0.4, -0.2) is 68.0 Å². The highest BCUT2D eigenvalue weighted by Crippen LogP contribution is 2.15. The van der Waals surface area contributed by atoms with Crippen molar-refractivity contribution in [3.63, 3.8) is 0 Å². The summed E-state index contributed by atoms with van der Waals surface area (Å²) in [7, 11) is 0. The first-order valence-electron chi connectivity index (χ1n) is 17.4. The molecule has 4 N–H and O–H groups in total. The number of unbranched alkanes of at least 4 members (excludes halogenated alkanes) is 8. The maximum Gasteiger partial charge on any atom is 0.135 e. The Kier molecular flexibility index (Phi) is 27.1. The Balaban J connectivity index is 3.74. The maximum atomic E-state index is 12.1. The third-order valence-electron chi connectivity index (χ3n) is 8.03. The predicted molar refractivity (Wildman–Crippen MR) is 171 cm³/mol. The molecule has 8 heteroatoms. The molecule has 0 aromatic rings. The van der Waals surface area contributed by atoms with E-state index in [-0.39, 0.29) is 61.7 Å². The minimum absolute atomic E-state index is 0.00884. The first-order chi connectivity index (χ1) is 20.6. The third kappa shape index (κ3) is 27.8. The second-order valence-corrected chi connectivity index (χ2v) is 12.6. The molecular formula is C35H64O8. The molecule has 0 spiro atoms. The average Bonchev–Trinajstić information content (AvgIpc) is 2.92. The van der Waals surface area contributed by atoms with Crippen LogP contribution < -0.4 is 0 Å². The fourth-order valence-corrected chi connectivity index (χ4v) is 5.38. The van der Waals surface area contributed by atoms with Gasteiger partial charge in [-0.15, -0.1) is 0 Å². The van der Waals surface area contributed by atoms with Gasteiger partial charge < -0.3 is 20.4 Å². The van der Waals surface area contributed by atoms with Gasteiger partial charge in [-0.2, -0.15) is 0 Å². The Labute approximate surface area is 261 Å². The third-order valence-corrected chi connectivity index (χ3v) is 8.03. The Morgan fingerprint density at radius 2 is 0.605 bits per heavy atom. The summed E-state index contributed by atoms with van der Waals surface area (Å²) in [5.74, 6) is -0.0815. The van der Waals surface area contributed by atoms with Crippen LogP contribution in [-0.2, 0) is 19.2 Å². The zero-order valence-corrected chi connectivity index (χ0v) is 27.4. The second kappa shape index (κ2) is 28.0. The fourth-order valence-electron chi connectivity index (χ4n) is 5.38. The molecule has 0 heterocycles. The lowest BCUT2D eigenvalue weighted by Crippen LogP contribution is -2.15. The minimum atomic E-state index is -0.664. The van der Waals surface area contributed by atoms with E-state index in [2.05, 4.69) is 13.8 Å². The van der Waals surface area contributed by atoms with Crippen molar-refractivity contribution in [1.29, 1.82) is 0 Å². The van der Waals surface area contributed by atoms with Crippen molar-refractivity contribution in [2.75, 3.05) is 0 Å². The Hall–Kier alpha value is -1.48. The van der Waals surface area contributed by atoms with Crippen LogP contribution in [0.3, 0.4) is 0 Å². The van der Waals surface area contributed by atoms with E-state index in [4.69, 9.17) is 0 Å². The minimum Gasteiger partial charge on any atom is -0.393 e. The molecule has 0 saturated heterocycles. The molecule has 0 aliphatic carbocycles. The topological polar surface area (TPSA) is 149 Å². The molecule has 0 aromatic carbocycles. The summed E-state index contributed by atoms with van der Waals surface area (Å²) in [6, 6.07) is 0. The van der Waals surface area contributed by atoms with E-state index in [0.29, 0.717) is 51.4 Å². The molecule has 4 unspecified atom stereocenters. The molecular weight excluding hydrogens is 548 g/mol. The molecule has 0 bridgehead atoms.